The highest BCUT2D eigenvalue weighted by atomic mass is 16.5. The number of fused-ring (bicyclic) bond motifs is 1. The first-order valence-electron chi connectivity index (χ1n) is 10.2. The minimum absolute atomic E-state index is 0.104. The van der Waals surface area contributed by atoms with Gasteiger partial charge >= 0.3 is 0 Å². The number of aromatic amines is 1. The highest BCUT2D eigenvalue weighted by Crippen LogP contribution is 2.31. The Morgan fingerprint density at radius 2 is 2.03 bits per heavy atom. The lowest BCUT2D eigenvalue weighted by Crippen LogP contribution is -2.43. The molecule has 29 heavy (non-hydrogen) atoms. The molecule has 1 aliphatic heterocycles. The van der Waals surface area contributed by atoms with Gasteiger partial charge in [0.15, 0.2) is 5.82 Å². The predicted octanol–water partition coefficient (Wildman–Crippen LogP) is 2.39. The van der Waals surface area contributed by atoms with Crippen LogP contribution in [0.5, 0.6) is 0 Å². The fourth-order valence-electron chi connectivity index (χ4n) is 3.88. The molecule has 1 N–H and O–H groups in total. The van der Waals surface area contributed by atoms with Gasteiger partial charge in [0.2, 0.25) is 0 Å². The smallest absolute Gasteiger partial charge is 0.253 e. The molecule has 1 atom stereocenters. The Balaban J connectivity index is 1.92. The highest BCUT2D eigenvalue weighted by Gasteiger charge is 2.34. The second kappa shape index (κ2) is 7.68. The van der Waals surface area contributed by atoms with Gasteiger partial charge in [-0.1, -0.05) is 25.1 Å². The van der Waals surface area contributed by atoms with Crippen LogP contribution in [0.2, 0.25) is 0 Å². The molecule has 3 aromatic rings. The Kier molecular flexibility index (Phi) is 5.23. The third-order valence-electron chi connectivity index (χ3n) is 6.00. The maximum atomic E-state index is 13.2. The van der Waals surface area contributed by atoms with Crippen LogP contribution in [0.25, 0.3) is 10.9 Å². The number of tetrazole rings is 1. The minimum atomic E-state index is -0.339. The van der Waals surface area contributed by atoms with E-state index in [0.717, 1.165) is 36.0 Å². The molecule has 1 saturated heterocycles. The first kappa shape index (κ1) is 19.7. The van der Waals surface area contributed by atoms with E-state index in [2.05, 4.69) is 46.2 Å². The van der Waals surface area contributed by atoms with Crippen LogP contribution in [0.1, 0.15) is 50.2 Å². The number of benzene rings is 1. The number of aromatic nitrogens is 5. The van der Waals surface area contributed by atoms with Crippen LogP contribution in [0.15, 0.2) is 29.1 Å². The van der Waals surface area contributed by atoms with Gasteiger partial charge in [-0.25, -0.2) is 4.68 Å². The summed E-state index contributed by atoms with van der Waals surface area (Å²) in [7, 11) is 0. The van der Waals surface area contributed by atoms with Gasteiger partial charge in [0.05, 0.1) is 24.3 Å². The number of morpholine rings is 1. The average Bonchev–Trinajstić information content (AvgIpc) is 3.21. The molecule has 1 aliphatic rings. The Bertz CT molecular complexity index is 1060. The molecule has 0 radical (unpaired) electrons. The highest BCUT2D eigenvalue weighted by molar-refractivity contribution is 5.82. The first-order valence-corrected chi connectivity index (χ1v) is 10.2. The third-order valence-corrected chi connectivity index (χ3v) is 6.00. The Labute approximate surface area is 169 Å². The molecule has 0 spiro atoms. The number of ether oxygens (including phenoxy) is 1. The number of H-pyrrole nitrogens is 1. The molecule has 154 valence electrons. The summed E-state index contributed by atoms with van der Waals surface area (Å²) < 4.78 is 7.42. The Hall–Kier alpha value is -2.58. The quantitative estimate of drug-likeness (QED) is 0.712. The Morgan fingerprint density at radius 1 is 1.28 bits per heavy atom. The standard InChI is InChI=1S/C21H28N6O2/c1-5-21(3,4)27-19(23-24-25-27)18(26-9-11-29-12-10-26)16-13-15-8-6-7-14(2)17(15)22-20(16)28/h6-8,13,18H,5,9-12H2,1-4H3,(H,22,28). The number of nitrogens with zero attached hydrogens (tertiary/aromatic N) is 5. The fourth-order valence-corrected chi connectivity index (χ4v) is 3.88. The van der Waals surface area contributed by atoms with Crippen LogP contribution < -0.4 is 5.56 Å². The summed E-state index contributed by atoms with van der Waals surface area (Å²) >= 11 is 0. The van der Waals surface area contributed by atoms with Gasteiger partial charge in [0.25, 0.3) is 5.56 Å². The van der Waals surface area contributed by atoms with E-state index in [0.29, 0.717) is 24.6 Å². The predicted molar refractivity (Wildman–Crippen MR) is 111 cm³/mol. The van der Waals surface area contributed by atoms with E-state index < -0.39 is 0 Å². The van der Waals surface area contributed by atoms with Crippen molar-refractivity contribution in [2.45, 2.75) is 45.7 Å². The number of hydrogen-bond acceptors (Lipinski definition) is 6. The monoisotopic (exact) mass is 396 g/mol. The fraction of sp³-hybridized carbons (Fsp3) is 0.524. The second-order valence-electron chi connectivity index (χ2n) is 8.26. The molecule has 0 bridgehead atoms. The van der Waals surface area contributed by atoms with Crippen LogP contribution >= 0.6 is 0 Å². The average molecular weight is 396 g/mol. The number of rotatable bonds is 5. The van der Waals surface area contributed by atoms with E-state index in [-0.39, 0.29) is 17.1 Å². The van der Waals surface area contributed by atoms with Gasteiger partial charge in [0, 0.05) is 18.7 Å². The van der Waals surface area contributed by atoms with Gasteiger partial charge in [-0.3, -0.25) is 9.69 Å². The number of aryl methyl sites for hydroxylation is 1. The number of hydrogen-bond donors (Lipinski definition) is 1. The van der Waals surface area contributed by atoms with Crippen LogP contribution in [-0.2, 0) is 10.3 Å². The largest absolute Gasteiger partial charge is 0.379 e. The van der Waals surface area contributed by atoms with Crippen molar-refractivity contribution in [3.63, 3.8) is 0 Å². The summed E-state index contributed by atoms with van der Waals surface area (Å²) in [4.78, 5) is 18.5. The zero-order valence-electron chi connectivity index (χ0n) is 17.5. The number of para-hydroxylation sites is 1. The second-order valence-corrected chi connectivity index (χ2v) is 8.26. The first-order chi connectivity index (χ1) is 13.9. The van der Waals surface area contributed by atoms with Crippen LogP contribution in [0, 0.1) is 6.92 Å². The minimum Gasteiger partial charge on any atom is -0.379 e. The molecule has 2 aromatic heterocycles. The van der Waals surface area contributed by atoms with E-state index in [9.17, 15) is 4.79 Å². The van der Waals surface area contributed by atoms with Gasteiger partial charge in [-0.15, -0.1) is 5.10 Å². The van der Waals surface area contributed by atoms with E-state index in [1.807, 2.05) is 35.9 Å². The normalized spacial score (nSPS) is 17.0. The van der Waals surface area contributed by atoms with Crippen molar-refractivity contribution in [2.75, 3.05) is 26.3 Å². The van der Waals surface area contributed by atoms with Crippen molar-refractivity contribution in [3.05, 3.63) is 51.6 Å². The summed E-state index contributed by atoms with van der Waals surface area (Å²) in [5, 5.41) is 13.7. The van der Waals surface area contributed by atoms with E-state index in [4.69, 9.17) is 4.74 Å². The summed E-state index contributed by atoms with van der Waals surface area (Å²) in [6.07, 6.45) is 0.869. The number of nitrogens with one attached hydrogen (secondary N) is 1. The van der Waals surface area contributed by atoms with Crippen LogP contribution in [0.4, 0.5) is 0 Å². The topological polar surface area (TPSA) is 88.9 Å². The molecule has 0 saturated carbocycles. The van der Waals surface area contributed by atoms with Crippen molar-refractivity contribution in [1.29, 1.82) is 0 Å². The molecule has 1 aromatic carbocycles. The summed E-state index contributed by atoms with van der Waals surface area (Å²) in [6, 6.07) is 7.68. The zero-order valence-corrected chi connectivity index (χ0v) is 17.5. The van der Waals surface area contributed by atoms with Crippen molar-refractivity contribution in [3.8, 4) is 0 Å². The molecule has 1 fully saturated rings. The van der Waals surface area contributed by atoms with Crippen molar-refractivity contribution in [1.82, 2.24) is 30.1 Å². The van der Waals surface area contributed by atoms with Crippen molar-refractivity contribution >= 4 is 10.9 Å². The third kappa shape index (κ3) is 3.58. The summed E-state index contributed by atoms with van der Waals surface area (Å²) in [6.45, 7) is 11.0. The molecule has 3 heterocycles. The molecule has 0 aliphatic carbocycles. The molecule has 0 amide bonds. The van der Waals surface area contributed by atoms with Crippen molar-refractivity contribution < 1.29 is 4.74 Å². The van der Waals surface area contributed by atoms with Gasteiger partial charge < -0.3 is 9.72 Å². The van der Waals surface area contributed by atoms with E-state index >= 15 is 0 Å². The van der Waals surface area contributed by atoms with E-state index in [1.165, 1.54) is 0 Å². The Morgan fingerprint density at radius 3 is 2.76 bits per heavy atom. The number of pyridine rings is 1. The molecule has 8 heteroatoms. The lowest BCUT2D eigenvalue weighted by Gasteiger charge is -2.35. The van der Waals surface area contributed by atoms with Gasteiger partial charge in [-0.2, -0.15) is 0 Å². The van der Waals surface area contributed by atoms with Crippen molar-refractivity contribution in [2.24, 2.45) is 0 Å². The molecule has 1 unspecified atom stereocenters. The molecular formula is C21H28N6O2. The molecule has 8 nitrogen and oxygen atoms in total. The summed E-state index contributed by atoms with van der Waals surface area (Å²) in [5.41, 5.74) is 2.21. The van der Waals surface area contributed by atoms with Gasteiger partial charge in [0.1, 0.15) is 6.04 Å². The van der Waals surface area contributed by atoms with Crippen LogP contribution in [-0.4, -0.2) is 56.4 Å². The maximum Gasteiger partial charge on any atom is 0.253 e. The maximum absolute atomic E-state index is 13.2. The van der Waals surface area contributed by atoms with Gasteiger partial charge in [-0.05, 0) is 54.6 Å². The van der Waals surface area contributed by atoms with Crippen LogP contribution in [0.3, 0.4) is 0 Å². The van der Waals surface area contributed by atoms with E-state index in [1.54, 1.807) is 0 Å². The molecular weight excluding hydrogens is 368 g/mol. The summed E-state index contributed by atoms with van der Waals surface area (Å²) in [5.74, 6) is 0.691. The SMILES string of the molecule is CCC(C)(C)n1nnnc1C(c1cc2cccc(C)c2[nH]c1=O)N1CCOCC1. The zero-order chi connectivity index (χ0) is 20.6. The lowest BCUT2D eigenvalue weighted by atomic mass is 9.98. The lowest BCUT2D eigenvalue weighted by molar-refractivity contribution is 0.0204. The molecule has 4 rings (SSSR count).